The monoisotopic (exact) mass is 258 g/mol. The Kier molecular flexibility index (Phi) is 7.15. The van der Waals surface area contributed by atoms with Gasteiger partial charge in [0.2, 0.25) is 0 Å². The Morgan fingerprint density at radius 2 is 2.06 bits per heavy atom. The predicted octanol–water partition coefficient (Wildman–Crippen LogP) is 1.50. The third-order valence-corrected chi connectivity index (χ3v) is 3.84. The number of methoxy groups -OCH3 is 2. The second-order valence-electron chi connectivity index (χ2n) is 5.80. The molecule has 1 N–H and O–H groups in total. The summed E-state index contributed by atoms with van der Waals surface area (Å²) >= 11 is 0. The van der Waals surface area contributed by atoms with Gasteiger partial charge in [-0.3, -0.25) is 4.90 Å². The molecular weight excluding hydrogens is 228 g/mol. The van der Waals surface area contributed by atoms with Gasteiger partial charge in [-0.05, 0) is 39.7 Å². The summed E-state index contributed by atoms with van der Waals surface area (Å²) in [6, 6.07) is 0.660. The molecule has 0 radical (unpaired) electrons. The Labute approximate surface area is 112 Å². The van der Waals surface area contributed by atoms with Gasteiger partial charge in [-0.1, -0.05) is 0 Å². The zero-order chi connectivity index (χ0) is 13.4. The van der Waals surface area contributed by atoms with Crippen LogP contribution in [0.15, 0.2) is 0 Å². The molecule has 0 saturated carbocycles. The molecule has 108 valence electrons. The van der Waals surface area contributed by atoms with Crippen molar-refractivity contribution < 1.29 is 9.47 Å². The van der Waals surface area contributed by atoms with Gasteiger partial charge in [-0.15, -0.1) is 0 Å². The van der Waals surface area contributed by atoms with Crippen LogP contribution in [-0.2, 0) is 9.47 Å². The van der Waals surface area contributed by atoms with E-state index in [4.69, 9.17) is 9.47 Å². The maximum atomic E-state index is 5.49. The smallest absolute Gasteiger partial charge is 0.0634 e. The van der Waals surface area contributed by atoms with E-state index < -0.39 is 0 Å². The van der Waals surface area contributed by atoms with Crippen molar-refractivity contribution in [1.29, 1.82) is 0 Å². The van der Waals surface area contributed by atoms with Crippen molar-refractivity contribution in [3.05, 3.63) is 0 Å². The van der Waals surface area contributed by atoms with Crippen LogP contribution in [0, 0.1) is 0 Å². The second kappa shape index (κ2) is 8.10. The highest BCUT2D eigenvalue weighted by atomic mass is 16.5. The van der Waals surface area contributed by atoms with Gasteiger partial charge >= 0.3 is 0 Å². The number of rotatable bonds is 9. The molecule has 0 aromatic carbocycles. The first kappa shape index (κ1) is 15.9. The zero-order valence-electron chi connectivity index (χ0n) is 12.5. The van der Waals surface area contributed by atoms with E-state index in [2.05, 4.69) is 24.1 Å². The highest BCUT2D eigenvalue weighted by Crippen LogP contribution is 2.14. The van der Waals surface area contributed by atoms with Crippen LogP contribution < -0.4 is 5.32 Å². The summed E-state index contributed by atoms with van der Waals surface area (Å²) in [5.41, 5.74) is -0.0333. The Morgan fingerprint density at radius 1 is 1.28 bits per heavy atom. The molecule has 1 unspecified atom stereocenters. The Hall–Kier alpha value is -0.160. The van der Waals surface area contributed by atoms with E-state index in [1.807, 2.05) is 0 Å². The normalized spacial score (nSPS) is 20.8. The van der Waals surface area contributed by atoms with Crippen molar-refractivity contribution in [2.24, 2.45) is 0 Å². The lowest BCUT2D eigenvalue weighted by Gasteiger charge is -2.30. The van der Waals surface area contributed by atoms with E-state index in [1.165, 1.54) is 19.4 Å². The Balaban J connectivity index is 2.34. The van der Waals surface area contributed by atoms with E-state index in [9.17, 15) is 0 Å². The summed E-state index contributed by atoms with van der Waals surface area (Å²) in [6.45, 7) is 9.48. The first-order chi connectivity index (χ1) is 8.57. The van der Waals surface area contributed by atoms with Crippen LogP contribution in [0.1, 0.15) is 33.1 Å². The molecule has 0 aromatic heterocycles. The molecule has 1 heterocycles. The SMILES string of the molecule is COCCN(CCC(C)(C)OC)CC1CCCN1. The lowest BCUT2D eigenvalue weighted by molar-refractivity contribution is 0.00510. The van der Waals surface area contributed by atoms with Crippen molar-refractivity contribution in [1.82, 2.24) is 10.2 Å². The van der Waals surface area contributed by atoms with E-state index in [-0.39, 0.29) is 5.60 Å². The predicted molar refractivity (Wildman–Crippen MR) is 75.0 cm³/mol. The Bertz CT molecular complexity index is 216. The molecule has 4 heteroatoms. The average molecular weight is 258 g/mol. The van der Waals surface area contributed by atoms with Gasteiger partial charge in [0.1, 0.15) is 0 Å². The minimum Gasteiger partial charge on any atom is -0.383 e. The molecular formula is C14H30N2O2. The van der Waals surface area contributed by atoms with E-state index in [1.54, 1.807) is 14.2 Å². The second-order valence-corrected chi connectivity index (χ2v) is 5.80. The quantitative estimate of drug-likeness (QED) is 0.679. The van der Waals surface area contributed by atoms with Gasteiger partial charge in [0, 0.05) is 39.9 Å². The van der Waals surface area contributed by atoms with E-state index in [0.717, 1.165) is 32.7 Å². The third-order valence-electron chi connectivity index (χ3n) is 3.84. The summed E-state index contributed by atoms with van der Waals surface area (Å²) in [4.78, 5) is 2.49. The minimum absolute atomic E-state index is 0.0333. The lowest BCUT2D eigenvalue weighted by Crippen LogP contribution is -2.41. The first-order valence-corrected chi connectivity index (χ1v) is 7.07. The fraction of sp³-hybridized carbons (Fsp3) is 1.00. The molecule has 1 aliphatic rings. The summed E-state index contributed by atoms with van der Waals surface area (Å²) in [6.07, 6.45) is 3.67. The van der Waals surface area contributed by atoms with Gasteiger partial charge in [-0.25, -0.2) is 0 Å². The molecule has 0 amide bonds. The lowest BCUT2D eigenvalue weighted by atomic mass is 10.0. The van der Waals surface area contributed by atoms with Crippen molar-refractivity contribution in [2.75, 3.05) is 47.0 Å². The van der Waals surface area contributed by atoms with Crippen LogP contribution in [0.3, 0.4) is 0 Å². The van der Waals surface area contributed by atoms with Gasteiger partial charge in [0.05, 0.1) is 12.2 Å². The van der Waals surface area contributed by atoms with E-state index >= 15 is 0 Å². The number of nitrogens with zero attached hydrogens (tertiary/aromatic N) is 1. The van der Waals surface area contributed by atoms with Crippen LogP contribution in [0.4, 0.5) is 0 Å². The minimum atomic E-state index is -0.0333. The van der Waals surface area contributed by atoms with Gasteiger partial charge in [-0.2, -0.15) is 0 Å². The summed E-state index contributed by atoms with van der Waals surface area (Å²) in [5, 5.41) is 3.56. The van der Waals surface area contributed by atoms with Gasteiger partial charge in [0.15, 0.2) is 0 Å². The summed E-state index contributed by atoms with van der Waals surface area (Å²) < 4.78 is 10.7. The highest BCUT2D eigenvalue weighted by molar-refractivity contribution is 4.79. The maximum absolute atomic E-state index is 5.49. The fourth-order valence-corrected chi connectivity index (χ4v) is 2.27. The number of nitrogens with one attached hydrogen (secondary N) is 1. The molecule has 1 rings (SSSR count). The molecule has 4 nitrogen and oxygen atoms in total. The third kappa shape index (κ3) is 6.14. The molecule has 1 atom stereocenters. The highest BCUT2D eigenvalue weighted by Gasteiger charge is 2.21. The number of ether oxygens (including phenoxy) is 2. The first-order valence-electron chi connectivity index (χ1n) is 7.07. The Morgan fingerprint density at radius 3 is 2.61 bits per heavy atom. The number of hydrogen-bond acceptors (Lipinski definition) is 4. The van der Waals surface area contributed by atoms with Crippen molar-refractivity contribution in [3.63, 3.8) is 0 Å². The number of hydrogen-bond donors (Lipinski definition) is 1. The maximum Gasteiger partial charge on any atom is 0.0634 e. The van der Waals surface area contributed by atoms with Crippen molar-refractivity contribution in [2.45, 2.75) is 44.8 Å². The van der Waals surface area contributed by atoms with Gasteiger partial charge in [0.25, 0.3) is 0 Å². The molecule has 1 fully saturated rings. The summed E-state index contributed by atoms with van der Waals surface area (Å²) in [5.74, 6) is 0. The molecule has 0 spiro atoms. The molecule has 18 heavy (non-hydrogen) atoms. The van der Waals surface area contributed by atoms with Crippen LogP contribution in [0.25, 0.3) is 0 Å². The fourth-order valence-electron chi connectivity index (χ4n) is 2.27. The summed E-state index contributed by atoms with van der Waals surface area (Å²) in [7, 11) is 3.56. The molecule has 1 saturated heterocycles. The van der Waals surface area contributed by atoms with Crippen LogP contribution in [0.5, 0.6) is 0 Å². The molecule has 0 bridgehead atoms. The van der Waals surface area contributed by atoms with Gasteiger partial charge < -0.3 is 14.8 Å². The molecule has 1 aliphatic heterocycles. The van der Waals surface area contributed by atoms with Crippen molar-refractivity contribution in [3.8, 4) is 0 Å². The van der Waals surface area contributed by atoms with Crippen LogP contribution in [0.2, 0.25) is 0 Å². The van der Waals surface area contributed by atoms with E-state index in [0.29, 0.717) is 6.04 Å². The average Bonchev–Trinajstić information content (AvgIpc) is 2.85. The standard InChI is InChI=1S/C14H30N2O2/c1-14(2,18-4)7-9-16(10-11-17-3)12-13-6-5-8-15-13/h13,15H,5-12H2,1-4H3. The van der Waals surface area contributed by atoms with Crippen LogP contribution >= 0.6 is 0 Å². The zero-order valence-corrected chi connectivity index (χ0v) is 12.5. The largest absolute Gasteiger partial charge is 0.383 e. The molecule has 0 aromatic rings. The topological polar surface area (TPSA) is 33.7 Å². The molecule has 0 aliphatic carbocycles. The van der Waals surface area contributed by atoms with Crippen molar-refractivity contribution >= 4 is 0 Å². The van der Waals surface area contributed by atoms with Crippen LogP contribution in [-0.4, -0.2) is 63.5 Å².